The maximum absolute atomic E-state index is 6.07. The zero-order chi connectivity index (χ0) is 17.2. The van der Waals surface area contributed by atoms with Crippen LogP contribution in [0.5, 0.6) is 11.5 Å². The third kappa shape index (κ3) is 5.41. The minimum atomic E-state index is 0.766. The molecule has 2 aromatic rings. The summed E-state index contributed by atoms with van der Waals surface area (Å²) >= 11 is 3.48. The van der Waals surface area contributed by atoms with Crippen LogP contribution in [0.3, 0.4) is 0 Å². The molecular weight excluding hydrogens is 364 g/mol. The van der Waals surface area contributed by atoms with Crippen molar-refractivity contribution in [3.8, 4) is 11.5 Å². The summed E-state index contributed by atoms with van der Waals surface area (Å²) < 4.78 is 11.8. The quantitative estimate of drug-likeness (QED) is 0.319. The Hall–Kier alpha value is -1.22. The van der Waals surface area contributed by atoms with Crippen LogP contribution in [-0.4, -0.2) is 18.5 Å². The lowest BCUT2D eigenvalue weighted by Crippen LogP contribution is -2.01. The van der Waals surface area contributed by atoms with Gasteiger partial charge in [0.25, 0.3) is 0 Å². The molecular formula is C21H29BrO2. The van der Waals surface area contributed by atoms with Gasteiger partial charge in [0.05, 0.1) is 13.2 Å². The number of halogens is 1. The fourth-order valence-corrected chi connectivity index (χ4v) is 3.29. The van der Waals surface area contributed by atoms with Crippen LogP contribution in [0, 0.1) is 0 Å². The molecule has 132 valence electrons. The Labute approximate surface area is 154 Å². The molecule has 0 bridgehead atoms. The molecule has 0 radical (unpaired) electrons. The molecule has 3 heteroatoms. The van der Waals surface area contributed by atoms with E-state index in [0.29, 0.717) is 0 Å². The summed E-state index contributed by atoms with van der Waals surface area (Å²) in [5.41, 5.74) is 1.30. The molecule has 2 aromatic carbocycles. The van der Waals surface area contributed by atoms with Crippen molar-refractivity contribution >= 4 is 26.7 Å². The standard InChI is InChI=1S/C21H29BrO2/c1-3-14-23-18-10-11-20-17(16-18)9-12-21(19(20)4-2)24-15-8-6-5-7-13-22/h9-12,16H,3-8,13-15H2,1-2H3. The SMILES string of the molecule is CCCOc1ccc2c(CC)c(OCCCCCCBr)ccc2c1. The van der Waals surface area contributed by atoms with Gasteiger partial charge >= 0.3 is 0 Å². The highest BCUT2D eigenvalue weighted by atomic mass is 79.9. The molecule has 0 atom stereocenters. The number of rotatable bonds is 11. The summed E-state index contributed by atoms with van der Waals surface area (Å²) in [6.07, 6.45) is 6.88. The summed E-state index contributed by atoms with van der Waals surface area (Å²) in [5.74, 6) is 1.99. The monoisotopic (exact) mass is 392 g/mol. The Balaban J connectivity index is 2.05. The van der Waals surface area contributed by atoms with E-state index in [9.17, 15) is 0 Å². The summed E-state index contributed by atoms with van der Waals surface area (Å²) in [6, 6.07) is 10.6. The minimum absolute atomic E-state index is 0.766. The largest absolute Gasteiger partial charge is 0.494 e. The lowest BCUT2D eigenvalue weighted by Gasteiger charge is -2.14. The smallest absolute Gasteiger partial charge is 0.123 e. The van der Waals surface area contributed by atoms with Gasteiger partial charge in [-0.25, -0.2) is 0 Å². The highest BCUT2D eigenvalue weighted by Gasteiger charge is 2.08. The maximum atomic E-state index is 6.07. The van der Waals surface area contributed by atoms with Crippen molar-refractivity contribution < 1.29 is 9.47 Å². The third-order valence-electron chi connectivity index (χ3n) is 4.17. The van der Waals surface area contributed by atoms with E-state index in [4.69, 9.17) is 9.47 Å². The Kier molecular flexibility index (Phi) is 8.44. The second kappa shape index (κ2) is 10.6. The van der Waals surface area contributed by atoms with Crippen molar-refractivity contribution in [3.63, 3.8) is 0 Å². The van der Waals surface area contributed by atoms with E-state index in [-0.39, 0.29) is 0 Å². The van der Waals surface area contributed by atoms with Crippen LogP contribution < -0.4 is 9.47 Å². The molecule has 0 saturated carbocycles. The van der Waals surface area contributed by atoms with Crippen molar-refractivity contribution in [2.45, 2.75) is 52.4 Å². The van der Waals surface area contributed by atoms with Gasteiger partial charge < -0.3 is 9.47 Å². The Morgan fingerprint density at radius 3 is 2.46 bits per heavy atom. The molecule has 0 unspecified atom stereocenters. The lowest BCUT2D eigenvalue weighted by molar-refractivity contribution is 0.303. The second-order valence-electron chi connectivity index (χ2n) is 6.08. The Morgan fingerprint density at radius 1 is 0.875 bits per heavy atom. The molecule has 2 nitrogen and oxygen atoms in total. The van der Waals surface area contributed by atoms with Crippen molar-refractivity contribution in [3.05, 3.63) is 35.9 Å². The van der Waals surface area contributed by atoms with E-state index < -0.39 is 0 Å². The first-order valence-electron chi connectivity index (χ1n) is 9.17. The van der Waals surface area contributed by atoms with Crippen molar-refractivity contribution in [1.29, 1.82) is 0 Å². The molecule has 0 saturated heterocycles. The van der Waals surface area contributed by atoms with Gasteiger partial charge in [0.1, 0.15) is 11.5 Å². The summed E-state index contributed by atoms with van der Waals surface area (Å²) in [7, 11) is 0. The number of hydrogen-bond donors (Lipinski definition) is 0. The zero-order valence-corrected chi connectivity index (χ0v) is 16.5. The van der Waals surface area contributed by atoms with Crippen molar-refractivity contribution in [1.82, 2.24) is 0 Å². The number of hydrogen-bond acceptors (Lipinski definition) is 2. The van der Waals surface area contributed by atoms with Crippen LogP contribution in [0.1, 0.15) is 51.5 Å². The molecule has 0 aromatic heterocycles. The lowest BCUT2D eigenvalue weighted by atomic mass is 10.0. The molecule has 0 fully saturated rings. The number of alkyl halides is 1. The van der Waals surface area contributed by atoms with Crippen molar-refractivity contribution in [2.24, 2.45) is 0 Å². The van der Waals surface area contributed by atoms with E-state index in [1.807, 2.05) is 0 Å². The minimum Gasteiger partial charge on any atom is -0.494 e. The fourth-order valence-electron chi connectivity index (χ4n) is 2.89. The van der Waals surface area contributed by atoms with Gasteiger partial charge in [0.15, 0.2) is 0 Å². The molecule has 0 aliphatic rings. The molecule has 2 rings (SSSR count). The number of ether oxygens (including phenoxy) is 2. The van der Waals surface area contributed by atoms with Gasteiger partial charge in [-0.15, -0.1) is 0 Å². The predicted octanol–water partition coefficient (Wildman–Crippen LogP) is 6.53. The van der Waals surface area contributed by atoms with E-state index >= 15 is 0 Å². The first-order chi connectivity index (χ1) is 11.8. The van der Waals surface area contributed by atoms with Crippen LogP contribution >= 0.6 is 15.9 Å². The molecule has 0 aliphatic heterocycles. The molecule has 24 heavy (non-hydrogen) atoms. The summed E-state index contributed by atoms with van der Waals surface area (Å²) in [4.78, 5) is 0. The van der Waals surface area contributed by atoms with E-state index in [0.717, 1.165) is 49.3 Å². The van der Waals surface area contributed by atoms with Crippen LogP contribution in [0.2, 0.25) is 0 Å². The zero-order valence-electron chi connectivity index (χ0n) is 14.9. The second-order valence-corrected chi connectivity index (χ2v) is 6.87. The first-order valence-corrected chi connectivity index (χ1v) is 10.3. The first kappa shape index (κ1) is 19.1. The fraction of sp³-hybridized carbons (Fsp3) is 0.524. The third-order valence-corrected chi connectivity index (χ3v) is 4.73. The topological polar surface area (TPSA) is 18.5 Å². The molecule has 0 amide bonds. The van der Waals surface area contributed by atoms with Gasteiger partial charge in [-0.3, -0.25) is 0 Å². The van der Waals surface area contributed by atoms with Gasteiger partial charge in [-0.1, -0.05) is 54.8 Å². The van der Waals surface area contributed by atoms with E-state index in [1.54, 1.807) is 0 Å². The van der Waals surface area contributed by atoms with Crippen LogP contribution in [0.15, 0.2) is 30.3 Å². The molecule has 0 spiro atoms. The van der Waals surface area contributed by atoms with E-state index in [2.05, 4.69) is 60.1 Å². The number of aryl methyl sites for hydroxylation is 1. The molecule has 0 N–H and O–H groups in total. The molecule has 0 heterocycles. The normalized spacial score (nSPS) is 11.0. The predicted molar refractivity (Wildman–Crippen MR) is 107 cm³/mol. The maximum Gasteiger partial charge on any atom is 0.123 e. The Morgan fingerprint density at radius 2 is 1.71 bits per heavy atom. The van der Waals surface area contributed by atoms with Crippen molar-refractivity contribution in [2.75, 3.05) is 18.5 Å². The Bertz CT molecular complexity index is 625. The van der Waals surface area contributed by atoms with Gasteiger partial charge in [0, 0.05) is 10.9 Å². The summed E-state index contributed by atoms with van der Waals surface area (Å²) in [5, 5.41) is 3.60. The summed E-state index contributed by atoms with van der Waals surface area (Å²) in [6.45, 7) is 5.89. The molecule has 0 aliphatic carbocycles. The van der Waals surface area contributed by atoms with Gasteiger partial charge in [-0.2, -0.15) is 0 Å². The van der Waals surface area contributed by atoms with Gasteiger partial charge in [0.2, 0.25) is 0 Å². The van der Waals surface area contributed by atoms with Crippen LogP contribution in [0.25, 0.3) is 10.8 Å². The van der Waals surface area contributed by atoms with E-state index in [1.165, 1.54) is 35.6 Å². The number of fused-ring (bicyclic) bond motifs is 1. The average Bonchev–Trinajstić information content (AvgIpc) is 2.62. The van der Waals surface area contributed by atoms with Crippen LogP contribution in [0.4, 0.5) is 0 Å². The number of benzene rings is 2. The average molecular weight is 393 g/mol. The highest BCUT2D eigenvalue weighted by Crippen LogP contribution is 2.31. The van der Waals surface area contributed by atoms with Crippen LogP contribution in [-0.2, 0) is 6.42 Å². The number of unbranched alkanes of at least 4 members (excludes halogenated alkanes) is 3. The highest BCUT2D eigenvalue weighted by molar-refractivity contribution is 9.09. The van der Waals surface area contributed by atoms with Gasteiger partial charge in [-0.05, 0) is 54.7 Å².